The van der Waals surface area contributed by atoms with Gasteiger partial charge in [-0.05, 0) is 80.9 Å². The van der Waals surface area contributed by atoms with Gasteiger partial charge in [0.2, 0.25) is 0 Å². The van der Waals surface area contributed by atoms with Crippen molar-refractivity contribution in [3.63, 3.8) is 0 Å². The number of hydrogen-bond acceptors (Lipinski definition) is 2. The molecule has 0 saturated heterocycles. The van der Waals surface area contributed by atoms with E-state index in [-0.39, 0.29) is 0 Å². The number of fused-ring (bicyclic) bond motifs is 5. The molecule has 0 saturated carbocycles. The molecule has 0 radical (unpaired) electrons. The van der Waals surface area contributed by atoms with Crippen LogP contribution in [0.25, 0.3) is 94.9 Å². The van der Waals surface area contributed by atoms with Crippen molar-refractivity contribution in [3.8, 4) is 50.7 Å². The van der Waals surface area contributed by atoms with E-state index in [0.29, 0.717) is 5.82 Å². The molecule has 0 bridgehead atoms. The van der Waals surface area contributed by atoms with Crippen molar-refractivity contribution in [1.82, 2.24) is 14.5 Å². The highest BCUT2D eigenvalue weighted by Crippen LogP contribution is 2.40. The lowest BCUT2D eigenvalue weighted by atomic mass is 9.90. The molecule has 0 spiro atoms. The summed E-state index contributed by atoms with van der Waals surface area (Å²) in [5.74, 6) is 0.705. The number of hydrogen-bond donors (Lipinski definition) is 0. The van der Waals surface area contributed by atoms with E-state index in [0.717, 1.165) is 45.6 Å². The van der Waals surface area contributed by atoms with E-state index in [4.69, 9.17) is 9.97 Å². The van der Waals surface area contributed by atoms with Crippen LogP contribution in [0.3, 0.4) is 0 Å². The molecule has 0 N–H and O–H groups in total. The smallest absolute Gasteiger partial charge is 0.160 e. The van der Waals surface area contributed by atoms with E-state index < -0.39 is 0 Å². The molecule has 3 nitrogen and oxygen atoms in total. The largest absolute Gasteiger partial charge is 0.309 e. The predicted octanol–water partition coefficient (Wildman–Crippen LogP) is 14.2. The van der Waals surface area contributed by atoms with Crippen LogP contribution in [0, 0.1) is 0 Å². The summed E-state index contributed by atoms with van der Waals surface area (Å²) in [5.41, 5.74) is 15.7. The second kappa shape index (κ2) is 14.1. The Bertz CT molecular complexity index is 3170. The summed E-state index contributed by atoms with van der Waals surface area (Å²) in [4.78, 5) is 10.6. The summed E-state index contributed by atoms with van der Waals surface area (Å²) in [6.45, 7) is 0. The second-order valence-electron chi connectivity index (χ2n) is 14.8. The molecule has 8 aromatic carbocycles. The number of benzene rings is 8. The minimum absolute atomic E-state index is 0.705. The molecular formula is C55H37N3. The number of allylic oxidation sites excluding steroid dienone is 2. The first kappa shape index (κ1) is 33.7. The van der Waals surface area contributed by atoms with Crippen LogP contribution >= 0.6 is 0 Å². The van der Waals surface area contributed by atoms with Gasteiger partial charge >= 0.3 is 0 Å². The summed E-state index contributed by atoms with van der Waals surface area (Å²) in [6.07, 6.45) is 7.70. The Balaban J connectivity index is 1.04. The monoisotopic (exact) mass is 739 g/mol. The maximum absolute atomic E-state index is 5.29. The zero-order valence-corrected chi connectivity index (χ0v) is 31.8. The Morgan fingerprint density at radius 1 is 0.397 bits per heavy atom. The van der Waals surface area contributed by atoms with E-state index in [2.05, 4.69) is 211 Å². The maximum Gasteiger partial charge on any atom is 0.160 e. The van der Waals surface area contributed by atoms with Crippen LogP contribution < -0.4 is 0 Å². The molecular weight excluding hydrogens is 703 g/mol. The van der Waals surface area contributed by atoms with Crippen LogP contribution in [0.15, 0.2) is 206 Å². The lowest BCUT2D eigenvalue weighted by Gasteiger charge is -2.17. The molecule has 0 unspecified atom stereocenters. The third-order valence-corrected chi connectivity index (χ3v) is 11.5. The van der Waals surface area contributed by atoms with E-state index in [1.54, 1.807) is 0 Å². The van der Waals surface area contributed by atoms with Crippen LogP contribution in [0.1, 0.15) is 23.1 Å². The first-order valence-corrected chi connectivity index (χ1v) is 19.9. The van der Waals surface area contributed by atoms with Crippen molar-refractivity contribution in [2.45, 2.75) is 6.42 Å². The van der Waals surface area contributed by atoms with Gasteiger partial charge in [0.1, 0.15) is 0 Å². The summed E-state index contributed by atoms with van der Waals surface area (Å²) in [5, 5.41) is 4.86. The van der Waals surface area contributed by atoms with Gasteiger partial charge in [0.15, 0.2) is 5.82 Å². The fourth-order valence-electron chi connectivity index (χ4n) is 8.78. The standard InChI is InChI=1S/C55H37N3/c1-3-16-37(17-4-1)41-20-7-8-22-45-44(41)26-15-27-47(45)51-36-52(57-55(56-51)39-18-5-2-6-19-39)48-35-34-42(43-21-9-10-23-46(43)48)38-30-32-40(33-31-38)58-53-28-13-11-24-49(53)50-25-12-14-29-54(50)58/h1-6,8-36H,7H2. The van der Waals surface area contributed by atoms with Crippen LogP contribution in [0.4, 0.5) is 0 Å². The number of nitrogens with zero attached hydrogens (tertiary/aromatic N) is 3. The Morgan fingerprint density at radius 3 is 1.64 bits per heavy atom. The molecule has 0 atom stereocenters. The Hall–Kier alpha value is -7.62. The molecule has 0 amide bonds. The summed E-state index contributed by atoms with van der Waals surface area (Å²) < 4.78 is 2.37. The van der Waals surface area contributed by atoms with E-state index in [1.807, 2.05) is 6.07 Å². The van der Waals surface area contributed by atoms with Crippen LogP contribution in [-0.4, -0.2) is 14.5 Å². The quantitative estimate of drug-likeness (QED) is 0.170. The van der Waals surface area contributed by atoms with Crippen LogP contribution in [-0.2, 0) is 0 Å². The van der Waals surface area contributed by atoms with Gasteiger partial charge in [-0.15, -0.1) is 0 Å². The maximum atomic E-state index is 5.29. The van der Waals surface area contributed by atoms with Gasteiger partial charge in [0.25, 0.3) is 0 Å². The second-order valence-corrected chi connectivity index (χ2v) is 14.8. The summed E-state index contributed by atoms with van der Waals surface area (Å²) >= 11 is 0. The lowest BCUT2D eigenvalue weighted by molar-refractivity contribution is 1.18. The number of aromatic nitrogens is 3. The highest BCUT2D eigenvalue weighted by Gasteiger charge is 2.19. The van der Waals surface area contributed by atoms with E-state index >= 15 is 0 Å². The third-order valence-electron chi connectivity index (χ3n) is 11.5. The first-order chi connectivity index (χ1) is 28.8. The third kappa shape index (κ3) is 5.75. The molecule has 0 fully saturated rings. The van der Waals surface area contributed by atoms with Gasteiger partial charge in [-0.25, -0.2) is 9.97 Å². The molecule has 0 aliphatic heterocycles. The molecule has 2 aromatic heterocycles. The molecule has 58 heavy (non-hydrogen) atoms. The molecule has 272 valence electrons. The Labute approximate surface area is 337 Å². The summed E-state index contributed by atoms with van der Waals surface area (Å²) in [7, 11) is 0. The van der Waals surface area contributed by atoms with Gasteiger partial charge < -0.3 is 4.57 Å². The first-order valence-electron chi connectivity index (χ1n) is 19.9. The lowest BCUT2D eigenvalue weighted by Crippen LogP contribution is -1.99. The SMILES string of the molecule is C1=Cc2c(cccc2-c2cc(-c3ccc(-c4ccc(-n5c6ccccc6c6ccccc65)cc4)c4ccccc34)nc(-c3ccccc3)n2)C(c2ccccc2)=CC1. The molecule has 10 aromatic rings. The van der Waals surface area contributed by atoms with Crippen LogP contribution in [0.5, 0.6) is 0 Å². The Morgan fingerprint density at radius 2 is 0.948 bits per heavy atom. The zero-order valence-electron chi connectivity index (χ0n) is 31.8. The van der Waals surface area contributed by atoms with Gasteiger partial charge in [-0.3, -0.25) is 0 Å². The highest BCUT2D eigenvalue weighted by molar-refractivity contribution is 6.09. The van der Waals surface area contributed by atoms with Crippen molar-refractivity contribution in [2.24, 2.45) is 0 Å². The fourth-order valence-corrected chi connectivity index (χ4v) is 8.78. The van der Waals surface area contributed by atoms with Crippen molar-refractivity contribution in [3.05, 3.63) is 223 Å². The molecule has 11 rings (SSSR count). The molecule has 1 aliphatic carbocycles. The van der Waals surface area contributed by atoms with Gasteiger partial charge in [-0.2, -0.15) is 0 Å². The molecule has 1 aliphatic rings. The highest BCUT2D eigenvalue weighted by atomic mass is 15.0. The van der Waals surface area contributed by atoms with Gasteiger partial charge in [-0.1, -0.05) is 182 Å². The average molecular weight is 740 g/mol. The molecule has 3 heteroatoms. The van der Waals surface area contributed by atoms with Crippen molar-refractivity contribution >= 4 is 44.2 Å². The van der Waals surface area contributed by atoms with Crippen molar-refractivity contribution < 1.29 is 0 Å². The van der Waals surface area contributed by atoms with Crippen LogP contribution in [0.2, 0.25) is 0 Å². The Kier molecular flexibility index (Phi) is 8.22. The number of rotatable bonds is 6. The fraction of sp³-hybridized carbons (Fsp3) is 0.0182. The van der Waals surface area contributed by atoms with Crippen molar-refractivity contribution in [1.29, 1.82) is 0 Å². The summed E-state index contributed by atoms with van der Waals surface area (Å²) in [6, 6.07) is 69.3. The zero-order chi connectivity index (χ0) is 38.4. The topological polar surface area (TPSA) is 30.7 Å². The molecule has 2 heterocycles. The van der Waals surface area contributed by atoms with E-state index in [1.165, 1.54) is 60.6 Å². The minimum atomic E-state index is 0.705. The van der Waals surface area contributed by atoms with Gasteiger partial charge in [0, 0.05) is 33.2 Å². The normalized spacial score (nSPS) is 12.4. The van der Waals surface area contributed by atoms with E-state index in [9.17, 15) is 0 Å². The minimum Gasteiger partial charge on any atom is -0.309 e. The number of para-hydroxylation sites is 2. The van der Waals surface area contributed by atoms with Gasteiger partial charge in [0.05, 0.1) is 22.4 Å². The van der Waals surface area contributed by atoms with Crippen molar-refractivity contribution in [2.75, 3.05) is 0 Å². The average Bonchev–Trinajstić information content (AvgIpc) is 3.47. The predicted molar refractivity (Wildman–Crippen MR) is 243 cm³/mol.